The minimum absolute atomic E-state index is 0.474. The standard InChI is InChI=1S/C16H12O3/c1-18-15-10-6-5-7-13(15)11-12-16(17)19-14-8-3-2-4-9-14/h2-10H,1H3. The molecular weight excluding hydrogens is 240 g/mol. The van der Waals surface area contributed by atoms with Gasteiger partial charge in [0, 0.05) is 5.92 Å². The van der Waals surface area contributed by atoms with Crippen LogP contribution >= 0.6 is 0 Å². The average Bonchev–Trinajstić information content (AvgIpc) is 2.46. The molecule has 0 aliphatic heterocycles. The van der Waals surface area contributed by atoms with Crippen LogP contribution in [-0.4, -0.2) is 13.1 Å². The van der Waals surface area contributed by atoms with E-state index in [9.17, 15) is 4.79 Å². The zero-order valence-electron chi connectivity index (χ0n) is 10.4. The van der Waals surface area contributed by atoms with Gasteiger partial charge < -0.3 is 9.47 Å². The van der Waals surface area contributed by atoms with Crippen LogP contribution in [0.1, 0.15) is 5.56 Å². The highest BCUT2D eigenvalue weighted by molar-refractivity contribution is 5.91. The van der Waals surface area contributed by atoms with E-state index in [1.54, 1.807) is 43.5 Å². The molecule has 0 saturated heterocycles. The number of methoxy groups -OCH3 is 1. The summed E-state index contributed by atoms with van der Waals surface area (Å²) in [6.07, 6.45) is 0. The van der Waals surface area contributed by atoms with Crippen LogP contribution in [0.2, 0.25) is 0 Å². The van der Waals surface area contributed by atoms with E-state index in [0.717, 1.165) is 0 Å². The summed E-state index contributed by atoms with van der Waals surface area (Å²) >= 11 is 0. The molecule has 0 unspecified atom stereocenters. The Bertz CT molecular complexity index is 621. The van der Waals surface area contributed by atoms with Crippen molar-refractivity contribution in [3.8, 4) is 23.3 Å². The number of carbonyl (C=O) groups is 1. The second kappa shape index (κ2) is 6.27. The van der Waals surface area contributed by atoms with Gasteiger partial charge in [0.15, 0.2) is 0 Å². The molecule has 0 saturated carbocycles. The highest BCUT2D eigenvalue weighted by Crippen LogP contribution is 2.15. The van der Waals surface area contributed by atoms with E-state index < -0.39 is 5.97 Å². The molecule has 0 amide bonds. The summed E-state index contributed by atoms with van der Waals surface area (Å²) in [7, 11) is 1.56. The highest BCUT2D eigenvalue weighted by atomic mass is 16.5. The fourth-order valence-electron chi connectivity index (χ4n) is 1.49. The van der Waals surface area contributed by atoms with Gasteiger partial charge in [0.25, 0.3) is 0 Å². The quantitative estimate of drug-likeness (QED) is 0.468. The van der Waals surface area contributed by atoms with Crippen molar-refractivity contribution < 1.29 is 14.3 Å². The van der Waals surface area contributed by atoms with Crippen molar-refractivity contribution in [1.82, 2.24) is 0 Å². The Balaban J connectivity index is 2.09. The molecule has 2 aromatic carbocycles. The lowest BCUT2D eigenvalue weighted by atomic mass is 10.2. The van der Waals surface area contributed by atoms with E-state index in [1.165, 1.54) is 0 Å². The Hall–Kier alpha value is -2.73. The third-order valence-corrected chi connectivity index (χ3v) is 2.36. The van der Waals surface area contributed by atoms with E-state index in [-0.39, 0.29) is 0 Å². The molecule has 0 fully saturated rings. The molecule has 0 radical (unpaired) electrons. The summed E-state index contributed by atoms with van der Waals surface area (Å²) < 4.78 is 10.2. The molecule has 3 nitrogen and oxygen atoms in total. The molecule has 0 heterocycles. The van der Waals surface area contributed by atoms with Gasteiger partial charge in [0.1, 0.15) is 11.5 Å². The van der Waals surface area contributed by atoms with Crippen molar-refractivity contribution in [2.75, 3.05) is 7.11 Å². The van der Waals surface area contributed by atoms with E-state index in [0.29, 0.717) is 17.1 Å². The van der Waals surface area contributed by atoms with Crippen LogP contribution in [0.4, 0.5) is 0 Å². The molecule has 0 aliphatic rings. The maximum Gasteiger partial charge on any atom is 0.390 e. The summed E-state index contributed by atoms with van der Waals surface area (Å²) in [4.78, 5) is 11.5. The van der Waals surface area contributed by atoms with Crippen LogP contribution in [0.25, 0.3) is 0 Å². The number of ether oxygens (including phenoxy) is 2. The minimum atomic E-state index is -0.600. The fraction of sp³-hybridized carbons (Fsp3) is 0.0625. The van der Waals surface area contributed by atoms with Crippen LogP contribution in [0.15, 0.2) is 54.6 Å². The van der Waals surface area contributed by atoms with Crippen LogP contribution in [0, 0.1) is 11.8 Å². The second-order valence-electron chi connectivity index (χ2n) is 3.65. The Morgan fingerprint density at radius 1 is 1.00 bits per heavy atom. The van der Waals surface area contributed by atoms with Crippen molar-refractivity contribution in [1.29, 1.82) is 0 Å². The smallest absolute Gasteiger partial charge is 0.390 e. The summed E-state index contributed by atoms with van der Waals surface area (Å²) in [6.45, 7) is 0. The largest absolute Gasteiger partial charge is 0.495 e. The lowest BCUT2D eigenvalue weighted by Gasteiger charge is -2.01. The first-order chi connectivity index (χ1) is 9.29. The monoisotopic (exact) mass is 252 g/mol. The molecule has 2 aromatic rings. The molecule has 0 atom stereocenters. The number of benzene rings is 2. The highest BCUT2D eigenvalue weighted by Gasteiger charge is 2.01. The Morgan fingerprint density at radius 2 is 1.68 bits per heavy atom. The van der Waals surface area contributed by atoms with Gasteiger partial charge in [-0.2, -0.15) is 0 Å². The minimum Gasteiger partial charge on any atom is -0.495 e. The topological polar surface area (TPSA) is 35.5 Å². The van der Waals surface area contributed by atoms with Gasteiger partial charge in [-0.25, -0.2) is 4.79 Å². The number of rotatable bonds is 2. The van der Waals surface area contributed by atoms with Crippen LogP contribution < -0.4 is 9.47 Å². The van der Waals surface area contributed by atoms with Gasteiger partial charge in [-0.3, -0.25) is 0 Å². The van der Waals surface area contributed by atoms with Gasteiger partial charge in [0.2, 0.25) is 0 Å². The Morgan fingerprint density at radius 3 is 2.42 bits per heavy atom. The summed E-state index contributed by atoms with van der Waals surface area (Å²) in [5.74, 6) is 5.67. The summed E-state index contributed by atoms with van der Waals surface area (Å²) in [6, 6.07) is 16.0. The van der Waals surface area contributed by atoms with Gasteiger partial charge in [-0.1, -0.05) is 36.3 Å². The number of carbonyl (C=O) groups excluding carboxylic acids is 1. The van der Waals surface area contributed by atoms with Gasteiger partial charge in [-0.05, 0) is 24.3 Å². The number of para-hydroxylation sites is 2. The van der Waals surface area contributed by atoms with Crippen molar-refractivity contribution in [3.05, 3.63) is 60.2 Å². The summed E-state index contributed by atoms with van der Waals surface area (Å²) in [5.41, 5.74) is 0.648. The third kappa shape index (κ3) is 3.62. The molecule has 0 N–H and O–H groups in total. The molecule has 0 spiro atoms. The van der Waals surface area contributed by atoms with Crippen molar-refractivity contribution in [3.63, 3.8) is 0 Å². The lowest BCUT2D eigenvalue weighted by Crippen LogP contribution is -2.04. The predicted octanol–water partition coefficient (Wildman–Crippen LogP) is 2.65. The first kappa shape index (κ1) is 12.7. The maximum atomic E-state index is 11.5. The first-order valence-electron chi connectivity index (χ1n) is 5.71. The van der Waals surface area contributed by atoms with Crippen LogP contribution in [0.3, 0.4) is 0 Å². The van der Waals surface area contributed by atoms with E-state index in [2.05, 4.69) is 11.8 Å². The zero-order valence-corrected chi connectivity index (χ0v) is 10.4. The van der Waals surface area contributed by atoms with E-state index >= 15 is 0 Å². The van der Waals surface area contributed by atoms with Crippen molar-refractivity contribution >= 4 is 5.97 Å². The number of hydrogen-bond donors (Lipinski definition) is 0. The first-order valence-corrected chi connectivity index (χ1v) is 5.71. The molecule has 0 aromatic heterocycles. The number of hydrogen-bond acceptors (Lipinski definition) is 3. The summed E-state index contributed by atoms with van der Waals surface area (Å²) in [5, 5.41) is 0. The van der Waals surface area contributed by atoms with E-state index in [4.69, 9.17) is 9.47 Å². The van der Waals surface area contributed by atoms with Crippen LogP contribution in [0.5, 0.6) is 11.5 Å². The molecule has 0 bridgehead atoms. The maximum absolute atomic E-state index is 11.5. The second-order valence-corrected chi connectivity index (χ2v) is 3.65. The van der Waals surface area contributed by atoms with Crippen molar-refractivity contribution in [2.24, 2.45) is 0 Å². The molecule has 19 heavy (non-hydrogen) atoms. The van der Waals surface area contributed by atoms with Gasteiger partial charge >= 0.3 is 5.97 Å². The van der Waals surface area contributed by atoms with Crippen molar-refractivity contribution in [2.45, 2.75) is 0 Å². The lowest BCUT2D eigenvalue weighted by molar-refractivity contribution is -0.128. The SMILES string of the molecule is COc1ccccc1C#CC(=O)Oc1ccccc1. The molecule has 2 rings (SSSR count). The molecule has 0 aliphatic carbocycles. The normalized spacial score (nSPS) is 9.11. The molecular formula is C16H12O3. The zero-order chi connectivity index (χ0) is 13.5. The Kier molecular flexibility index (Phi) is 4.20. The fourth-order valence-corrected chi connectivity index (χ4v) is 1.49. The third-order valence-electron chi connectivity index (χ3n) is 2.36. The van der Waals surface area contributed by atoms with Gasteiger partial charge in [-0.15, -0.1) is 0 Å². The van der Waals surface area contributed by atoms with Crippen LogP contribution in [-0.2, 0) is 4.79 Å². The van der Waals surface area contributed by atoms with Gasteiger partial charge in [0.05, 0.1) is 12.7 Å². The predicted molar refractivity (Wildman–Crippen MR) is 71.9 cm³/mol. The Labute approximate surface area is 111 Å². The average molecular weight is 252 g/mol. The molecule has 3 heteroatoms. The molecule has 94 valence electrons. The van der Waals surface area contributed by atoms with E-state index in [1.807, 2.05) is 18.2 Å². The number of esters is 1.